The molecule has 0 bridgehead atoms. The second-order valence-electron chi connectivity index (χ2n) is 14.9. The summed E-state index contributed by atoms with van der Waals surface area (Å²) in [7, 11) is 2.07. The fourth-order valence-electron chi connectivity index (χ4n) is 8.61. The highest BCUT2D eigenvalue weighted by molar-refractivity contribution is 6.22. The predicted octanol–water partition coefficient (Wildman–Crippen LogP) is 11.6. The number of hydrogen-bond donors (Lipinski definition) is 1. The van der Waals surface area contributed by atoms with E-state index in [1.54, 1.807) is 0 Å². The molecule has 2 aliphatic heterocycles. The van der Waals surface area contributed by atoms with Gasteiger partial charge in [-0.05, 0) is 77.0 Å². The molecule has 282 valence electrons. The van der Waals surface area contributed by atoms with Crippen molar-refractivity contribution in [2.24, 2.45) is 9.98 Å². The van der Waals surface area contributed by atoms with Crippen molar-refractivity contribution in [2.45, 2.75) is 6.17 Å². The summed E-state index contributed by atoms with van der Waals surface area (Å²) < 4.78 is 9.38. The van der Waals surface area contributed by atoms with Crippen molar-refractivity contribution in [1.29, 1.82) is 0 Å². The topological polar surface area (TPSA) is 71.0 Å². The van der Waals surface area contributed by atoms with E-state index in [1.807, 2.05) is 36.8 Å². The van der Waals surface area contributed by atoms with Crippen LogP contribution in [0.15, 0.2) is 203 Å². The first-order valence-electron chi connectivity index (χ1n) is 19.9. The third-order valence-electron chi connectivity index (χ3n) is 11.4. The zero-order chi connectivity index (χ0) is 39.3. The Morgan fingerprint density at radius 2 is 1.39 bits per heavy atom. The van der Waals surface area contributed by atoms with Crippen molar-refractivity contribution in [1.82, 2.24) is 19.8 Å². The molecule has 0 fully saturated rings. The number of pyridine rings is 1. The van der Waals surface area contributed by atoms with Crippen LogP contribution in [0.1, 0.15) is 28.4 Å². The van der Waals surface area contributed by atoms with Gasteiger partial charge in [0, 0.05) is 64.7 Å². The Morgan fingerprint density at radius 3 is 2.17 bits per heavy atom. The molecule has 9 aromatic rings. The van der Waals surface area contributed by atoms with Crippen LogP contribution in [-0.2, 0) is 0 Å². The van der Waals surface area contributed by atoms with Crippen molar-refractivity contribution in [3.05, 3.63) is 211 Å². The molecule has 1 unspecified atom stereocenters. The highest BCUT2D eigenvalue weighted by atomic mass is 16.3. The Bertz CT molecular complexity index is 3160. The third kappa shape index (κ3) is 5.94. The van der Waals surface area contributed by atoms with E-state index in [9.17, 15) is 0 Å². The lowest BCUT2D eigenvalue weighted by molar-refractivity contribution is 0.383. The van der Waals surface area contributed by atoms with Gasteiger partial charge in [0.25, 0.3) is 0 Å². The molecule has 1 atom stereocenters. The zero-order valence-electron chi connectivity index (χ0n) is 32.3. The average molecular weight is 763 g/mol. The summed E-state index contributed by atoms with van der Waals surface area (Å²) in [5.74, 6) is 2.39. The van der Waals surface area contributed by atoms with Crippen molar-refractivity contribution in [3.8, 4) is 28.1 Å². The molecule has 11 rings (SSSR count). The normalized spacial score (nSPS) is 15.3. The first-order valence-corrected chi connectivity index (χ1v) is 19.9. The Balaban J connectivity index is 1.06. The number of para-hydroxylation sites is 1. The monoisotopic (exact) mass is 762 g/mol. The Kier molecular flexibility index (Phi) is 8.36. The summed E-state index contributed by atoms with van der Waals surface area (Å²) in [6.07, 6.45) is 9.58. The van der Waals surface area contributed by atoms with Gasteiger partial charge in [0.05, 0.1) is 16.4 Å². The highest BCUT2D eigenvalue weighted by Gasteiger charge is 2.28. The minimum absolute atomic E-state index is 0.341. The Morgan fingerprint density at radius 1 is 0.644 bits per heavy atom. The van der Waals surface area contributed by atoms with Gasteiger partial charge in [0.2, 0.25) is 0 Å². The molecule has 0 radical (unpaired) electrons. The average Bonchev–Trinajstić information content (AvgIpc) is 3.87. The standard InChI is InChI=1S/C52H38N6O/c1-57-51(39-27-31-54-32-28-39)55-50(38-21-19-34(20-22-38)35-25-29-53-30-26-35)56-52(57)40-15-10-16-41(33-40)58-44-18-9-8-17-42(44)47-45(58)24-23-43-46(36-11-4-2-5-12-36)48(59-49(43)47)37-13-6-3-7-14-37/h2-29,31-33,52-53H,30H2,1H3. The van der Waals surface area contributed by atoms with Gasteiger partial charge in [-0.3, -0.25) is 4.98 Å². The maximum Gasteiger partial charge on any atom is 0.159 e. The molecule has 2 aliphatic rings. The van der Waals surface area contributed by atoms with E-state index in [4.69, 9.17) is 14.4 Å². The largest absolute Gasteiger partial charge is 0.455 e. The molecule has 0 saturated carbocycles. The fraction of sp³-hybridized carbons (Fsp3) is 0.0577. The summed E-state index contributed by atoms with van der Waals surface area (Å²) in [5.41, 5.74) is 12.7. The Labute approximate surface area is 341 Å². The van der Waals surface area contributed by atoms with Crippen molar-refractivity contribution in [3.63, 3.8) is 0 Å². The number of dihydropyridines is 1. The van der Waals surface area contributed by atoms with E-state index in [0.29, 0.717) is 5.84 Å². The van der Waals surface area contributed by atoms with Crippen molar-refractivity contribution < 1.29 is 4.42 Å². The minimum Gasteiger partial charge on any atom is -0.455 e. The minimum atomic E-state index is -0.341. The number of amidine groups is 2. The molecule has 5 heterocycles. The van der Waals surface area contributed by atoms with Gasteiger partial charge < -0.3 is 19.2 Å². The second-order valence-corrected chi connectivity index (χ2v) is 14.9. The van der Waals surface area contributed by atoms with Crippen LogP contribution in [0.3, 0.4) is 0 Å². The number of nitrogens with one attached hydrogen (secondary N) is 1. The van der Waals surface area contributed by atoms with Crippen LogP contribution in [0.5, 0.6) is 0 Å². The van der Waals surface area contributed by atoms with E-state index in [2.05, 4.69) is 178 Å². The van der Waals surface area contributed by atoms with Gasteiger partial charge in [-0.1, -0.05) is 121 Å². The lowest BCUT2D eigenvalue weighted by atomic mass is 9.98. The van der Waals surface area contributed by atoms with Gasteiger partial charge in [0.15, 0.2) is 12.0 Å². The quantitative estimate of drug-likeness (QED) is 0.175. The van der Waals surface area contributed by atoms with Crippen LogP contribution in [0, 0.1) is 0 Å². The molecule has 3 aromatic heterocycles. The summed E-state index contributed by atoms with van der Waals surface area (Å²) >= 11 is 0. The van der Waals surface area contributed by atoms with Crippen LogP contribution in [-0.4, -0.2) is 39.7 Å². The molecular formula is C52H38N6O. The molecule has 0 amide bonds. The van der Waals surface area contributed by atoms with Crippen LogP contribution in [0.2, 0.25) is 0 Å². The fourth-order valence-corrected chi connectivity index (χ4v) is 8.61. The van der Waals surface area contributed by atoms with Gasteiger partial charge in [-0.2, -0.15) is 0 Å². The van der Waals surface area contributed by atoms with E-state index in [1.165, 1.54) is 5.57 Å². The first-order chi connectivity index (χ1) is 29.2. The number of aromatic nitrogens is 2. The number of nitrogens with zero attached hydrogens (tertiary/aromatic N) is 5. The predicted molar refractivity (Wildman–Crippen MR) is 241 cm³/mol. The van der Waals surface area contributed by atoms with Crippen LogP contribution < -0.4 is 5.32 Å². The summed E-state index contributed by atoms with van der Waals surface area (Å²) in [5, 5.41) is 6.54. The van der Waals surface area contributed by atoms with Gasteiger partial charge in [0.1, 0.15) is 17.2 Å². The molecule has 6 aromatic carbocycles. The van der Waals surface area contributed by atoms with Gasteiger partial charge >= 0.3 is 0 Å². The zero-order valence-corrected chi connectivity index (χ0v) is 32.3. The van der Waals surface area contributed by atoms with Crippen LogP contribution >= 0.6 is 0 Å². The Hall–Kier alpha value is -7.77. The van der Waals surface area contributed by atoms with E-state index in [-0.39, 0.29) is 6.17 Å². The van der Waals surface area contributed by atoms with E-state index in [0.717, 1.165) is 95.5 Å². The number of allylic oxidation sites excluding steroid dienone is 2. The number of furan rings is 1. The summed E-state index contributed by atoms with van der Waals surface area (Å²) in [6.45, 7) is 0.819. The number of fused-ring (bicyclic) bond motifs is 5. The number of aliphatic imine (C=N–C) groups is 2. The first kappa shape index (κ1) is 34.5. The SMILES string of the molecule is CN1C(c2ccncc2)=NC(c2ccc(C3=CCNC=C3)cc2)=NC1c1cccc(-n2c3ccccc3c3c4oc(-c5ccccc5)c(-c5ccccc5)c4ccc32)c1. The summed E-state index contributed by atoms with van der Waals surface area (Å²) in [4.78, 5) is 17.0. The number of rotatable bonds is 7. The van der Waals surface area contributed by atoms with Crippen molar-refractivity contribution in [2.75, 3.05) is 13.6 Å². The lowest BCUT2D eigenvalue weighted by Gasteiger charge is -2.32. The summed E-state index contributed by atoms with van der Waals surface area (Å²) in [6, 6.07) is 55.4. The molecule has 59 heavy (non-hydrogen) atoms. The molecular weight excluding hydrogens is 725 g/mol. The number of benzene rings is 6. The van der Waals surface area contributed by atoms with Gasteiger partial charge in [-0.15, -0.1) is 0 Å². The molecule has 7 nitrogen and oxygen atoms in total. The molecule has 1 N–H and O–H groups in total. The van der Waals surface area contributed by atoms with E-state index >= 15 is 0 Å². The van der Waals surface area contributed by atoms with Crippen LogP contribution in [0.25, 0.3) is 66.5 Å². The van der Waals surface area contributed by atoms with E-state index < -0.39 is 0 Å². The van der Waals surface area contributed by atoms with Crippen LogP contribution in [0.4, 0.5) is 0 Å². The lowest BCUT2D eigenvalue weighted by Crippen LogP contribution is -2.35. The van der Waals surface area contributed by atoms with Crippen molar-refractivity contribution >= 4 is 50.0 Å². The molecule has 0 spiro atoms. The second kappa shape index (κ2) is 14.3. The molecule has 0 aliphatic carbocycles. The molecule has 7 heteroatoms. The molecule has 0 saturated heterocycles. The third-order valence-corrected chi connectivity index (χ3v) is 11.4. The smallest absolute Gasteiger partial charge is 0.159 e. The maximum atomic E-state index is 7.03. The maximum absolute atomic E-state index is 7.03. The highest BCUT2D eigenvalue weighted by Crippen LogP contribution is 2.46. The number of hydrogen-bond acceptors (Lipinski definition) is 6. The van der Waals surface area contributed by atoms with Gasteiger partial charge in [-0.25, -0.2) is 9.98 Å².